The third-order valence-corrected chi connectivity index (χ3v) is 10.9. The van der Waals surface area contributed by atoms with Gasteiger partial charge in [0.05, 0.1) is 7.11 Å². The average molecular weight is 505 g/mol. The number of ether oxygens (including phenoxy) is 3. The summed E-state index contributed by atoms with van der Waals surface area (Å²) < 4.78 is 16.5. The van der Waals surface area contributed by atoms with Gasteiger partial charge >= 0.3 is 17.9 Å². The molecule has 0 spiro atoms. The Balaban J connectivity index is 1.62. The van der Waals surface area contributed by atoms with E-state index < -0.39 is 5.41 Å². The van der Waals surface area contributed by atoms with Crippen LogP contribution in [-0.2, 0) is 33.4 Å². The van der Waals surface area contributed by atoms with Crippen LogP contribution >= 0.6 is 0 Å². The SMILES string of the molecule is COC(=O)CC[C@@H](C)[C@H]1CC[C@H]2[C@@H]3[C@H](OC(C)=O)CC4C[C@H](OC(C)=O)CC[C@]4(C)[C@H]3CC(=O)[C@]12C. The zero-order valence-corrected chi connectivity index (χ0v) is 22.8. The topological polar surface area (TPSA) is 96.0 Å². The quantitative estimate of drug-likeness (QED) is 0.375. The Morgan fingerprint density at radius 1 is 1.00 bits per heavy atom. The van der Waals surface area contributed by atoms with E-state index in [1.54, 1.807) is 0 Å². The molecule has 0 aromatic heterocycles. The number of Topliss-reactive ketones (excluding diaryl/α,β-unsaturated/α-hetero) is 1. The molecule has 0 bridgehead atoms. The maximum Gasteiger partial charge on any atom is 0.305 e. The molecule has 0 aromatic carbocycles. The number of ketones is 1. The molecular weight excluding hydrogens is 460 g/mol. The Bertz CT molecular complexity index is 898. The average Bonchev–Trinajstić information content (AvgIpc) is 3.16. The van der Waals surface area contributed by atoms with Gasteiger partial charge in [0.2, 0.25) is 0 Å². The van der Waals surface area contributed by atoms with Gasteiger partial charge in [-0.1, -0.05) is 20.8 Å². The van der Waals surface area contributed by atoms with Crippen LogP contribution in [0.2, 0.25) is 0 Å². The smallest absolute Gasteiger partial charge is 0.305 e. The van der Waals surface area contributed by atoms with E-state index in [0.717, 1.165) is 38.5 Å². The van der Waals surface area contributed by atoms with E-state index in [2.05, 4.69) is 20.8 Å². The summed E-state index contributed by atoms with van der Waals surface area (Å²) >= 11 is 0. The van der Waals surface area contributed by atoms with Gasteiger partial charge in [-0.25, -0.2) is 0 Å². The molecule has 0 amide bonds. The molecule has 36 heavy (non-hydrogen) atoms. The second-order valence-electron chi connectivity index (χ2n) is 12.6. The number of rotatable bonds is 6. The summed E-state index contributed by atoms with van der Waals surface area (Å²) in [5, 5.41) is 0. The molecule has 0 aliphatic heterocycles. The first-order chi connectivity index (χ1) is 16.9. The molecule has 0 saturated heterocycles. The maximum absolute atomic E-state index is 14.0. The lowest BCUT2D eigenvalue weighted by Crippen LogP contribution is -2.62. The second-order valence-corrected chi connectivity index (χ2v) is 12.6. The molecule has 4 saturated carbocycles. The molecule has 1 unspecified atom stereocenters. The van der Waals surface area contributed by atoms with Gasteiger partial charge < -0.3 is 14.2 Å². The second kappa shape index (κ2) is 10.1. The normalized spacial score (nSPS) is 42.4. The van der Waals surface area contributed by atoms with Crippen LogP contribution in [-0.4, -0.2) is 43.0 Å². The van der Waals surface area contributed by atoms with E-state index in [0.29, 0.717) is 25.0 Å². The fourth-order valence-corrected chi connectivity index (χ4v) is 9.14. The minimum atomic E-state index is -0.465. The van der Waals surface area contributed by atoms with Crippen molar-refractivity contribution in [3.63, 3.8) is 0 Å². The Hall–Kier alpha value is -1.92. The zero-order valence-electron chi connectivity index (χ0n) is 22.8. The van der Waals surface area contributed by atoms with E-state index >= 15 is 0 Å². The van der Waals surface area contributed by atoms with Crippen molar-refractivity contribution in [3.05, 3.63) is 0 Å². The van der Waals surface area contributed by atoms with Gasteiger partial charge in [-0.3, -0.25) is 19.2 Å². The first kappa shape index (κ1) is 27.1. The fraction of sp³-hybridized carbons (Fsp3) is 0.862. The van der Waals surface area contributed by atoms with Gasteiger partial charge in [-0.05, 0) is 80.0 Å². The Morgan fingerprint density at radius 3 is 2.33 bits per heavy atom. The van der Waals surface area contributed by atoms with Crippen LogP contribution in [0.1, 0.15) is 92.4 Å². The highest BCUT2D eigenvalue weighted by Crippen LogP contribution is 2.67. The molecule has 4 aliphatic rings. The van der Waals surface area contributed by atoms with Gasteiger partial charge in [-0.2, -0.15) is 0 Å². The summed E-state index contributed by atoms with van der Waals surface area (Å²) in [5.41, 5.74) is -0.503. The van der Waals surface area contributed by atoms with Crippen molar-refractivity contribution in [1.29, 1.82) is 0 Å². The predicted molar refractivity (Wildman–Crippen MR) is 133 cm³/mol. The molecule has 0 radical (unpaired) electrons. The van der Waals surface area contributed by atoms with Crippen molar-refractivity contribution in [2.75, 3.05) is 7.11 Å². The highest BCUT2D eigenvalue weighted by atomic mass is 16.5. The van der Waals surface area contributed by atoms with E-state index in [1.807, 2.05) is 0 Å². The molecule has 7 nitrogen and oxygen atoms in total. The summed E-state index contributed by atoms with van der Waals surface area (Å²) in [6.07, 6.45) is 6.44. The van der Waals surface area contributed by atoms with Gasteiger partial charge in [0, 0.05) is 38.0 Å². The van der Waals surface area contributed by atoms with Gasteiger partial charge in [-0.15, -0.1) is 0 Å². The lowest BCUT2D eigenvalue weighted by molar-refractivity contribution is -0.196. The molecule has 0 N–H and O–H groups in total. The van der Waals surface area contributed by atoms with Gasteiger partial charge in [0.25, 0.3) is 0 Å². The van der Waals surface area contributed by atoms with Crippen molar-refractivity contribution in [3.8, 4) is 0 Å². The minimum absolute atomic E-state index is 0.0382. The summed E-state index contributed by atoms with van der Waals surface area (Å²) in [6.45, 7) is 9.57. The summed E-state index contributed by atoms with van der Waals surface area (Å²) in [5.74, 6) is 0.785. The summed E-state index contributed by atoms with van der Waals surface area (Å²) in [6, 6.07) is 0. The van der Waals surface area contributed by atoms with E-state index in [-0.39, 0.29) is 71.0 Å². The first-order valence-electron chi connectivity index (χ1n) is 13.9. The number of hydrogen-bond donors (Lipinski definition) is 0. The molecule has 4 aliphatic carbocycles. The van der Waals surface area contributed by atoms with Crippen LogP contribution in [0.25, 0.3) is 0 Å². The minimum Gasteiger partial charge on any atom is -0.469 e. The van der Waals surface area contributed by atoms with Crippen molar-refractivity contribution in [1.82, 2.24) is 0 Å². The lowest BCUT2D eigenvalue weighted by atomic mass is 9.43. The van der Waals surface area contributed by atoms with Gasteiger partial charge in [0.15, 0.2) is 0 Å². The zero-order chi connectivity index (χ0) is 26.4. The summed E-state index contributed by atoms with van der Waals surface area (Å²) in [4.78, 5) is 49.7. The van der Waals surface area contributed by atoms with Crippen LogP contribution < -0.4 is 0 Å². The highest BCUT2D eigenvalue weighted by molar-refractivity contribution is 5.87. The molecule has 4 fully saturated rings. The van der Waals surface area contributed by atoms with Crippen LogP contribution in [0.15, 0.2) is 0 Å². The molecule has 0 aromatic rings. The number of carbonyl (C=O) groups excluding carboxylic acids is 4. The summed E-state index contributed by atoms with van der Waals surface area (Å²) in [7, 11) is 1.41. The molecule has 0 heterocycles. The van der Waals surface area contributed by atoms with E-state index in [4.69, 9.17) is 14.2 Å². The molecule has 4 rings (SSSR count). The molecule has 202 valence electrons. The van der Waals surface area contributed by atoms with Crippen LogP contribution in [0.5, 0.6) is 0 Å². The van der Waals surface area contributed by atoms with Crippen molar-refractivity contribution >= 4 is 23.7 Å². The van der Waals surface area contributed by atoms with Crippen molar-refractivity contribution < 1.29 is 33.4 Å². The third kappa shape index (κ3) is 4.60. The van der Waals surface area contributed by atoms with E-state index in [9.17, 15) is 19.2 Å². The number of hydrogen-bond acceptors (Lipinski definition) is 7. The Kier molecular flexibility index (Phi) is 7.60. The number of fused-ring (bicyclic) bond motifs is 5. The predicted octanol–water partition coefficient (Wildman–Crippen LogP) is 4.89. The largest absolute Gasteiger partial charge is 0.469 e. The monoisotopic (exact) mass is 504 g/mol. The molecular formula is C29H44O7. The van der Waals surface area contributed by atoms with Crippen molar-refractivity contribution in [2.45, 2.75) is 105 Å². The number of carbonyl (C=O) groups is 4. The van der Waals surface area contributed by atoms with Crippen molar-refractivity contribution in [2.24, 2.45) is 46.3 Å². The number of methoxy groups -OCH3 is 1. The lowest BCUT2D eigenvalue weighted by Gasteiger charge is -2.62. The van der Waals surface area contributed by atoms with E-state index in [1.165, 1.54) is 21.0 Å². The number of esters is 3. The Labute approximate surface area is 215 Å². The highest BCUT2D eigenvalue weighted by Gasteiger charge is 2.66. The third-order valence-electron chi connectivity index (χ3n) is 10.9. The van der Waals surface area contributed by atoms with Crippen LogP contribution in [0.3, 0.4) is 0 Å². The van der Waals surface area contributed by atoms with Crippen LogP contribution in [0, 0.1) is 46.3 Å². The van der Waals surface area contributed by atoms with Gasteiger partial charge in [0.1, 0.15) is 18.0 Å². The Morgan fingerprint density at radius 2 is 1.69 bits per heavy atom. The van der Waals surface area contributed by atoms with Crippen LogP contribution in [0.4, 0.5) is 0 Å². The first-order valence-corrected chi connectivity index (χ1v) is 13.9. The maximum atomic E-state index is 14.0. The molecule has 10 atom stereocenters. The fourth-order valence-electron chi connectivity index (χ4n) is 9.14. The molecule has 7 heteroatoms. The standard InChI is InChI=1S/C29H44O7/c1-16(7-10-26(33)34-6)21-8-9-22-27-23(15-25(32)29(21,22)5)28(4)12-11-20(35-17(2)30)13-19(28)14-24(27)36-18(3)31/h16,19-24,27H,7-15H2,1-6H3/t16-,19?,20-,21-,22+,23+,24-,27+,28+,29-/m1/s1.